The van der Waals surface area contributed by atoms with E-state index in [4.69, 9.17) is 9.47 Å². The van der Waals surface area contributed by atoms with Gasteiger partial charge in [0.1, 0.15) is 18.1 Å². The van der Waals surface area contributed by atoms with Crippen LogP contribution in [0.1, 0.15) is 18.4 Å². The maximum absolute atomic E-state index is 13.2. The van der Waals surface area contributed by atoms with Gasteiger partial charge >= 0.3 is 5.97 Å². The molecule has 0 spiro atoms. The van der Waals surface area contributed by atoms with E-state index in [0.717, 1.165) is 16.1 Å². The molecule has 150 valence electrons. The lowest BCUT2D eigenvalue weighted by Gasteiger charge is -2.28. The smallest absolute Gasteiger partial charge is 0.348 e. The van der Waals surface area contributed by atoms with E-state index in [2.05, 4.69) is 0 Å². The minimum atomic E-state index is -1.02. The van der Waals surface area contributed by atoms with Crippen molar-refractivity contribution >= 4 is 29.3 Å². The SMILES string of the molecule is O=C1CCC2(C(=O)Oc3ccc(OCc4ccccc4)cc3)Sc3ccccc3N12. The number of esters is 1. The Balaban J connectivity index is 1.29. The van der Waals surface area contributed by atoms with Crippen molar-refractivity contribution in [1.29, 1.82) is 0 Å². The summed E-state index contributed by atoms with van der Waals surface area (Å²) in [5.74, 6) is 0.649. The molecule has 0 N–H and O–H groups in total. The van der Waals surface area contributed by atoms with Crippen LogP contribution in [0.2, 0.25) is 0 Å². The van der Waals surface area contributed by atoms with Crippen LogP contribution in [-0.4, -0.2) is 16.7 Å². The topological polar surface area (TPSA) is 55.8 Å². The number of anilines is 1. The molecular weight excluding hydrogens is 398 g/mol. The van der Waals surface area contributed by atoms with Gasteiger partial charge in [0.25, 0.3) is 0 Å². The summed E-state index contributed by atoms with van der Waals surface area (Å²) in [6.07, 6.45) is 0.769. The molecule has 1 amide bonds. The number of para-hydroxylation sites is 1. The zero-order chi connectivity index (χ0) is 20.6. The Labute approximate surface area is 178 Å². The van der Waals surface area contributed by atoms with E-state index >= 15 is 0 Å². The molecule has 1 atom stereocenters. The number of hydrogen-bond donors (Lipinski definition) is 0. The number of nitrogens with zero attached hydrogens (tertiary/aromatic N) is 1. The Hall–Kier alpha value is -3.25. The lowest BCUT2D eigenvalue weighted by Crippen LogP contribution is -2.48. The Morgan fingerprint density at radius 1 is 0.933 bits per heavy atom. The first-order valence-electron chi connectivity index (χ1n) is 9.76. The molecule has 3 aromatic rings. The lowest BCUT2D eigenvalue weighted by molar-refractivity contribution is -0.137. The molecule has 2 heterocycles. The fourth-order valence-electron chi connectivity index (χ4n) is 3.80. The van der Waals surface area contributed by atoms with Crippen molar-refractivity contribution in [2.24, 2.45) is 0 Å². The minimum Gasteiger partial charge on any atom is -0.489 e. The molecule has 0 radical (unpaired) electrons. The third-order valence-corrected chi connectivity index (χ3v) is 6.73. The van der Waals surface area contributed by atoms with E-state index in [-0.39, 0.29) is 5.91 Å². The molecule has 5 nitrogen and oxygen atoms in total. The van der Waals surface area contributed by atoms with Gasteiger partial charge in [0.05, 0.1) is 5.69 Å². The van der Waals surface area contributed by atoms with Gasteiger partial charge in [0, 0.05) is 17.7 Å². The number of hydrogen-bond acceptors (Lipinski definition) is 5. The molecule has 3 aromatic carbocycles. The minimum absolute atomic E-state index is 0.0472. The van der Waals surface area contributed by atoms with Crippen LogP contribution < -0.4 is 14.4 Å². The van der Waals surface area contributed by atoms with Crippen LogP contribution >= 0.6 is 11.8 Å². The van der Waals surface area contributed by atoms with Crippen molar-refractivity contribution in [3.05, 3.63) is 84.4 Å². The van der Waals surface area contributed by atoms with Crippen molar-refractivity contribution in [2.75, 3.05) is 4.90 Å². The molecule has 1 unspecified atom stereocenters. The van der Waals surface area contributed by atoms with Gasteiger partial charge in [0.2, 0.25) is 5.91 Å². The number of ether oxygens (including phenoxy) is 2. The fourth-order valence-corrected chi connectivity index (χ4v) is 5.20. The maximum atomic E-state index is 13.2. The summed E-state index contributed by atoms with van der Waals surface area (Å²) in [6, 6.07) is 24.5. The summed E-state index contributed by atoms with van der Waals surface area (Å²) in [5.41, 5.74) is 1.86. The molecule has 1 saturated heterocycles. The van der Waals surface area contributed by atoms with Crippen molar-refractivity contribution in [3.8, 4) is 11.5 Å². The number of thioether (sulfide) groups is 1. The van der Waals surface area contributed by atoms with E-state index in [1.807, 2.05) is 54.6 Å². The van der Waals surface area contributed by atoms with E-state index in [9.17, 15) is 9.59 Å². The Kier molecular flexibility index (Phi) is 4.71. The molecule has 1 fully saturated rings. The number of rotatable bonds is 5. The monoisotopic (exact) mass is 417 g/mol. The lowest BCUT2D eigenvalue weighted by atomic mass is 10.2. The maximum Gasteiger partial charge on any atom is 0.348 e. The Morgan fingerprint density at radius 2 is 1.63 bits per heavy atom. The second kappa shape index (κ2) is 7.54. The molecule has 5 rings (SSSR count). The first-order valence-corrected chi connectivity index (χ1v) is 10.6. The summed E-state index contributed by atoms with van der Waals surface area (Å²) in [5, 5.41) is 0. The van der Waals surface area contributed by atoms with E-state index < -0.39 is 10.8 Å². The van der Waals surface area contributed by atoms with Crippen LogP contribution in [0.3, 0.4) is 0 Å². The van der Waals surface area contributed by atoms with Crippen molar-refractivity contribution in [2.45, 2.75) is 29.2 Å². The van der Waals surface area contributed by atoms with E-state index in [1.165, 1.54) is 11.8 Å². The van der Waals surface area contributed by atoms with Crippen molar-refractivity contribution in [1.82, 2.24) is 0 Å². The zero-order valence-corrected chi connectivity index (χ0v) is 16.9. The van der Waals surface area contributed by atoms with Gasteiger partial charge in [-0.25, -0.2) is 4.79 Å². The number of fused-ring (bicyclic) bond motifs is 3. The second-order valence-electron chi connectivity index (χ2n) is 7.22. The zero-order valence-electron chi connectivity index (χ0n) is 16.1. The fraction of sp³-hybridized carbons (Fsp3) is 0.167. The summed E-state index contributed by atoms with van der Waals surface area (Å²) < 4.78 is 11.5. The Morgan fingerprint density at radius 3 is 2.43 bits per heavy atom. The van der Waals surface area contributed by atoms with Crippen LogP contribution in [0, 0.1) is 0 Å². The summed E-state index contributed by atoms with van der Waals surface area (Å²) in [4.78, 5) is 27.2. The highest BCUT2D eigenvalue weighted by Crippen LogP contribution is 2.56. The predicted octanol–water partition coefficient (Wildman–Crippen LogP) is 4.80. The van der Waals surface area contributed by atoms with Gasteiger partial charge in [0.15, 0.2) is 4.87 Å². The molecule has 0 saturated carbocycles. The van der Waals surface area contributed by atoms with Gasteiger partial charge in [-0.15, -0.1) is 0 Å². The standard InChI is InChI=1S/C24H19NO4S/c26-22-14-15-24(25(22)20-8-4-5-9-21(20)30-24)23(27)29-19-12-10-18(11-13-19)28-16-17-6-2-1-3-7-17/h1-13H,14-16H2. The highest BCUT2D eigenvalue weighted by Gasteiger charge is 2.58. The highest BCUT2D eigenvalue weighted by atomic mass is 32.2. The second-order valence-corrected chi connectivity index (χ2v) is 8.54. The van der Waals surface area contributed by atoms with Crippen LogP contribution in [0.5, 0.6) is 11.5 Å². The molecule has 2 aliphatic heterocycles. The normalized spacial score (nSPS) is 19.3. The van der Waals surface area contributed by atoms with Crippen molar-refractivity contribution in [3.63, 3.8) is 0 Å². The van der Waals surface area contributed by atoms with Gasteiger partial charge < -0.3 is 9.47 Å². The highest BCUT2D eigenvalue weighted by molar-refractivity contribution is 8.02. The van der Waals surface area contributed by atoms with Gasteiger partial charge in [-0.2, -0.15) is 0 Å². The molecule has 0 aromatic heterocycles. The number of carbonyl (C=O) groups is 2. The van der Waals surface area contributed by atoms with Crippen LogP contribution in [-0.2, 0) is 16.2 Å². The number of benzene rings is 3. The average molecular weight is 417 g/mol. The van der Waals surface area contributed by atoms with E-state index in [0.29, 0.717) is 30.9 Å². The molecule has 0 bridgehead atoms. The number of amides is 1. The third kappa shape index (κ3) is 3.23. The molecule has 30 heavy (non-hydrogen) atoms. The number of carbonyl (C=O) groups excluding carboxylic acids is 2. The molecule has 6 heteroatoms. The molecule has 2 aliphatic rings. The third-order valence-electron chi connectivity index (χ3n) is 5.27. The van der Waals surface area contributed by atoms with Crippen LogP contribution in [0.15, 0.2) is 83.8 Å². The molecular formula is C24H19NO4S. The summed E-state index contributed by atoms with van der Waals surface area (Å²) in [7, 11) is 0. The Bertz CT molecular complexity index is 1100. The first-order chi connectivity index (χ1) is 14.7. The predicted molar refractivity (Wildman–Crippen MR) is 115 cm³/mol. The van der Waals surface area contributed by atoms with Gasteiger partial charge in [-0.1, -0.05) is 54.2 Å². The summed E-state index contributed by atoms with van der Waals surface area (Å²) in [6.45, 7) is 0.467. The van der Waals surface area contributed by atoms with Gasteiger partial charge in [-0.05, 0) is 42.0 Å². The van der Waals surface area contributed by atoms with Gasteiger partial charge in [-0.3, -0.25) is 9.69 Å². The molecule has 0 aliphatic carbocycles. The van der Waals surface area contributed by atoms with Crippen LogP contribution in [0.4, 0.5) is 5.69 Å². The average Bonchev–Trinajstić information content (AvgIpc) is 3.30. The van der Waals surface area contributed by atoms with Crippen LogP contribution in [0.25, 0.3) is 0 Å². The largest absolute Gasteiger partial charge is 0.489 e. The van der Waals surface area contributed by atoms with E-state index in [1.54, 1.807) is 29.2 Å². The summed E-state index contributed by atoms with van der Waals surface area (Å²) >= 11 is 1.40. The first kappa shape index (κ1) is 18.8. The quantitative estimate of drug-likeness (QED) is 0.441. The van der Waals surface area contributed by atoms with Crippen molar-refractivity contribution < 1.29 is 19.1 Å².